The number of hydrogen-bond acceptors (Lipinski definition) is 2. The standard InChI is InChI=1S/C10H12BrFO2/c1-6(13)7(2)14-10-5-8(11)3-4-9(10)12/h3-7,13H,1-2H3. The molecule has 1 N–H and O–H groups in total. The zero-order valence-corrected chi connectivity index (χ0v) is 9.58. The van der Waals surface area contributed by atoms with Crippen molar-refractivity contribution in [2.45, 2.75) is 26.1 Å². The zero-order chi connectivity index (χ0) is 10.7. The smallest absolute Gasteiger partial charge is 0.165 e. The molecular weight excluding hydrogens is 251 g/mol. The molecule has 1 aromatic carbocycles. The van der Waals surface area contributed by atoms with Crippen LogP contribution in [0.3, 0.4) is 0 Å². The molecule has 0 radical (unpaired) electrons. The number of rotatable bonds is 3. The van der Waals surface area contributed by atoms with Crippen molar-refractivity contribution in [3.8, 4) is 5.75 Å². The van der Waals surface area contributed by atoms with Crippen LogP contribution in [0.5, 0.6) is 5.75 Å². The van der Waals surface area contributed by atoms with E-state index in [2.05, 4.69) is 15.9 Å². The van der Waals surface area contributed by atoms with E-state index in [1.807, 2.05) is 0 Å². The van der Waals surface area contributed by atoms with E-state index >= 15 is 0 Å². The summed E-state index contributed by atoms with van der Waals surface area (Å²) in [6, 6.07) is 4.44. The predicted molar refractivity (Wildman–Crippen MR) is 55.9 cm³/mol. The molecule has 2 unspecified atom stereocenters. The molecule has 0 aliphatic heterocycles. The summed E-state index contributed by atoms with van der Waals surface area (Å²) < 4.78 is 19.1. The molecule has 0 amide bonds. The van der Waals surface area contributed by atoms with E-state index in [9.17, 15) is 9.50 Å². The van der Waals surface area contributed by atoms with Gasteiger partial charge < -0.3 is 9.84 Å². The molecule has 0 fully saturated rings. The molecule has 78 valence electrons. The van der Waals surface area contributed by atoms with Crippen LogP contribution in [0.4, 0.5) is 4.39 Å². The first-order chi connectivity index (χ1) is 6.50. The van der Waals surface area contributed by atoms with Crippen molar-refractivity contribution in [1.82, 2.24) is 0 Å². The second-order valence-corrected chi connectivity index (χ2v) is 4.05. The van der Waals surface area contributed by atoms with Crippen LogP contribution in [0.15, 0.2) is 22.7 Å². The Hall–Kier alpha value is -0.610. The fourth-order valence-corrected chi connectivity index (χ4v) is 1.21. The molecule has 2 atom stereocenters. The van der Waals surface area contributed by atoms with E-state index in [-0.39, 0.29) is 5.75 Å². The first-order valence-corrected chi connectivity index (χ1v) is 5.10. The molecule has 0 saturated carbocycles. The summed E-state index contributed by atoms with van der Waals surface area (Å²) >= 11 is 3.21. The average Bonchev–Trinajstić information content (AvgIpc) is 2.11. The number of halogens is 2. The van der Waals surface area contributed by atoms with Crippen LogP contribution in [0, 0.1) is 5.82 Å². The number of aliphatic hydroxyl groups is 1. The monoisotopic (exact) mass is 262 g/mol. The molecule has 2 nitrogen and oxygen atoms in total. The number of hydrogen-bond donors (Lipinski definition) is 1. The van der Waals surface area contributed by atoms with Crippen LogP contribution in [0.25, 0.3) is 0 Å². The molecule has 1 rings (SSSR count). The lowest BCUT2D eigenvalue weighted by Gasteiger charge is -2.17. The van der Waals surface area contributed by atoms with Crippen molar-refractivity contribution in [3.05, 3.63) is 28.5 Å². The largest absolute Gasteiger partial charge is 0.485 e. The molecule has 0 aromatic heterocycles. The third kappa shape index (κ3) is 2.96. The Balaban J connectivity index is 2.80. The Morgan fingerprint density at radius 2 is 2.07 bits per heavy atom. The second-order valence-electron chi connectivity index (χ2n) is 3.14. The van der Waals surface area contributed by atoms with Crippen molar-refractivity contribution in [1.29, 1.82) is 0 Å². The minimum absolute atomic E-state index is 0.146. The number of benzene rings is 1. The normalized spacial score (nSPS) is 14.9. The summed E-state index contributed by atoms with van der Waals surface area (Å²) in [6.07, 6.45) is -1.06. The first kappa shape index (κ1) is 11.5. The summed E-state index contributed by atoms with van der Waals surface area (Å²) in [7, 11) is 0. The van der Waals surface area contributed by atoms with Gasteiger partial charge in [0.25, 0.3) is 0 Å². The van der Waals surface area contributed by atoms with Crippen molar-refractivity contribution in [2.24, 2.45) is 0 Å². The van der Waals surface area contributed by atoms with Crippen molar-refractivity contribution < 1.29 is 14.2 Å². The minimum Gasteiger partial charge on any atom is -0.485 e. The van der Waals surface area contributed by atoms with Gasteiger partial charge in [-0.1, -0.05) is 15.9 Å². The van der Waals surface area contributed by atoms with Crippen LogP contribution < -0.4 is 4.74 Å². The Labute approximate surface area is 90.8 Å². The molecular formula is C10H12BrFO2. The highest BCUT2D eigenvalue weighted by Crippen LogP contribution is 2.23. The maximum absolute atomic E-state index is 13.2. The van der Waals surface area contributed by atoms with Crippen molar-refractivity contribution >= 4 is 15.9 Å². The van der Waals surface area contributed by atoms with Crippen LogP contribution in [-0.2, 0) is 0 Å². The summed E-state index contributed by atoms with van der Waals surface area (Å²) in [6.45, 7) is 3.28. The van der Waals surface area contributed by atoms with Crippen molar-refractivity contribution in [3.63, 3.8) is 0 Å². The molecule has 0 aliphatic carbocycles. The van der Waals surface area contributed by atoms with Crippen LogP contribution >= 0.6 is 15.9 Å². The van der Waals surface area contributed by atoms with Gasteiger partial charge in [0, 0.05) is 4.47 Å². The van der Waals surface area contributed by atoms with Gasteiger partial charge in [-0.15, -0.1) is 0 Å². The highest BCUT2D eigenvalue weighted by atomic mass is 79.9. The highest BCUT2D eigenvalue weighted by molar-refractivity contribution is 9.10. The van der Waals surface area contributed by atoms with E-state index in [0.29, 0.717) is 0 Å². The average molecular weight is 263 g/mol. The van der Waals surface area contributed by atoms with Crippen LogP contribution in [0.1, 0.15) is 13.8 Å². The van der Waals surface area contributed by atoms with Gasteiger partial charge in [-0.2, -0.15) is 0 Å². The first-order valence-electron chi connectivity index (χ1n) is 4.30. The summed E-state index contributed by atoms with van der Waals surface area (Å²) in [5.41, 5.74) is 0. The second kappa shape index (κ2) is 4.75. The highest BCUT2D eigenvalue weighted by Gasteiger charge is 2.13. The molecule has 1 aromatic rings. The Bertz CT molecular complexity index is 315. The molecule has 0 aliphatic rings. The fraction of sp³-hybridized carbons (Fsp3) is 0.400. The van der Waals surface area contributed by atoms with E-state index in [1.54, 1.807) is 19.9 Å². The van der Waals surface area contributed by atoms with Gasteiger partial charge in [0.15, 0.2) is 11.6 Å². The lowest BCUT2D eigenvalue weighted by molar-refractivity contribution is 0.0578. The molecule has 0 bridgehead atoms. The fourth-order valence-electron chi connectivity index (χ4n) is 0.866. The molecule has 0 heterocycles. The molecule has 4 heteroatoms. The third-order valence-electron chi connectivity index (χ3n) is 1.89. The van der Waals surface area contributed by atoms with Gasteiger partial charge in [-0.05, 0) is 32.0 Å². The summed E-state index contributed by atoms with van der Waals surface area (Å²) in [5.74, 6) is -0.284. The summed E-state index contributed by atoms with van der Waals surface area (Å²) in [4.78, 5) is 0. The Morgan fingerprint density at radius 1 is 1.43 bits per heavy atom. The van der Waals surface area contributed by atoms with Gasteiger partial charge in [0.05, 0.1) is 6.10 Å². The van der Waals surface area contributed by atoms with Gasteiger partial charge >= 0.3 is 0 Å². The lowest BCUT2D eigenvalue weighted by Crippen LogP contribution is -2.25. The Morgan fingerprint density at radius 3 is 2.64 bits per heavy atom. The predicted octanol–water partition coefficient (Wildman–Crippen LogP) is 2.74. The van der Waals surface area contributed by atoms with E-state index in [1.165, 1.54) is 12.1 Å². The number of aliphatic hydroxyl groups excluding tert-OH is 1. The molecule has 14 heavy (non-hydrogen) atoms. The summed E-state index contributed by atoms with van der Waals surface area (Å²) in [5, 5.41) is 9.18. The van der Waals surface area contributed by atoms with Gasteiger partial charge in [-0.25, -0.2) is 4.39 Å². The zero-order valence-electron chi connectivity index (χ0n) is 8.00. The SMILES string of the molecule is CC(O)C(C)Oc1cc(Br)ccc1F. The van der Waals surface area contributed by atoms with Gasteiger partial charge in [0.2, 0.25) is 0 Å². The van der Waals surface area contributed by atoms with Gasteiger partial charge in [-0.3, -0.25) is 0 Å². The van der Waals surface area contributed by atoms with Crippen LogP contribution in [-0.4, -0.2) is 17.3 Å². The maximum atomic E-state index is 13.2. The van der Waals surface area contributed by atoms with Crippen LogP contribution in [0.2, 0.25) is 0 Å². The lowest BCUT2D eigenvalue weighted by atomic mass is 10.2. The molecule has 0 spiro atoms. The maximum Gasteiger partial charge on any atom is 0.165 e. The van der Waals surface area contributed by atoms with E-state index < -0.39 is 18.0 Å². The third-order valence-corrected chi connectivity index (χ3v) is 2.38. The topological polar surface area (TPSA) is 29.5 Å². The van der Waals surface area contributed by atoms with Crippen molar-refractivity contribution in [2.75, 3.05) is 0 Å². The van der Waals surface area contributed by atoms with E-state index in [0.717, 1.165) is 4.47 Å². The minimum atomic E-state index is -0.631. The quantitative estimate of drug-likeness (QED) is 0.908. The number of ether oxygens (including phenoxy) is 1. The Kier molecular flexibility index (Phi) is 3.89. The van der Waals surface area contributed by atoms with Gasteiger partial charge in [0.1, 0.15) is 6.10 Å². The van der Waals surface area contributed by atoms with E-state index in [4.69, 9.17) is 4.74 Å². The molecule has 0 saturated heterocycles.